The van der Waals surface area contributed by atoms with Gasteiger partial charge in [0.05, 0.1) is 12.9 Å². The highest BCUT2D eigenvalue weighted by Crippen LogP contribution is 2.65. The fourth-order valence-electron chi connectivity index (χ4n) is 6.56. The molecule has 4 aliphatic carbocycles. The SMILES string of the molecule is C=C=C1CCC2C3CC=C4C=C(OC)CC[C@]4(C)C3CC[C@]12C. The molecule has 4 rings (SSSR count). The molecule has 1 heteroatoms. The first-order valence-corrected chi connectivity index (χ1v) is 9.37. The van der Waals surface area contributed by atoms with Gasteiger partial charge in [0.2, 0.25) is 0 Å². The molecule has 4 aliphatic rings. The lowest BCUT2D eigenvalue weighted by Crippen LogP contribution is -2.48. The van der Waals surface area contributed by atoms with Crippen LogP contribution in [0.25, 0.3) is 0 Å². The standard InChI is InChI=1S/C22H30O/c1-5-15-7-9-19-18-8-6-16-14-17(23-4)10-12-22(16,3)20(18)11-13-21(15,19)2/h6,14,18-20H,1,7-13H2,2-4H3/t18?,19?,20?,21-,22+/m1/s1. The van der Waals surface area contributed by atoms with Crippen molar-refractivity contribution in [2.24, 2.45) is 28.6 Å². The van der Waals surface area contributed by atoms with Gasteiger partial charge in [-0.25, -0.2) is 0 Å². The molecule has 2 saturated carbocycles. The highest BCUT2D eigenvalue weighted by Gasteiger charge is 2.56. The molecular weight excluding hydrogens is 280 g/mol. The van der Waals surface area contributed by atoms with Crippen molar-refractivity contribution in [1.29, 1.82) is 0 Å². The zero-order chi connectivity index (χ0) is 16.2. The van der Waals surface area contributed by atoms with Gasteiger partial charge in [-0.3, -0.25) is 0 Å². The lowest BCUT2D eigenvalue weighted by molar-refractivity contribution is -0.00822. The third-order valence-electron chi connectivity index (χ3n) is 7.99. The maximum Gasteiger partial charge on any atom is 0.0958 e. The van der Waals surface area contributed by atoms with Crippen LogP contribution in [0.4, 0.5) is 0 Å². The predicted molar refractivity (Wildman–Crippen MR) is 94.8 cm³/mol. The van der Waals surface area contributed by atoms with Gasteiger partial charge >= 0.3 is 0 Å². The summed E-state index contributed by atoms with van der Waals surface area (Å²) in [5.41, 5.74) is 7.13. The lowest BCUT2D eigenvalue weighted by Gasteiger charge is -2.56. The fourth-order valence-corrected chi connectivity index (χ4v) is 6.56. The van der Waals surface area contributed by atoms with Crippen molar-refractivity contribution in [1.82, 2.24) is 0 Å². The van der Waals surface area contributed by atoms with Gasteiger partial charge in [-0.2, -0.15) is 0 Å². The number of rotatable bonds is 1. The summed E-state index contributed by atoms with van der Waals surface area (Å²) in [5, 5.41) is 0. The van der Waals surface area contributed by atoms with Crippen LogP contribution in [0, 0.1) is 28.6 Å². The Bertz CT molecular complexity index is 632. The Labute approximate surface area is 141 Å². The number of methoxy groups -OCH3 is 1. The van der Waals surface area contributed by atoms with E-state index in [0.29, 0.717) is 10.8 Å². The average Bonchev–Trinajstić information content (AvgIpc) is 2.90. The Hall–Kier alpha value is -1.20. The topological polar surface area (TPSA) is 9.23 Å². The minimum absolute atomic E-state index is 0.368. The van der Waals surface area contributed by atoms with Gasteiger partial charge in [-0.15, -0.1) is 5.73 Å². The van der Waals surface area contributed by atoms with Crippen LogP contribution in [-0.4, -0.2) is 7.11 Å². The Kier molecular flexibility index (Phi) is 3.43. The van der Waals surface area contributed by atoms with Crippen LogP contribution < -0.4 is 0 Å². The molecule has 124 valence electrons. The van der Waals surface area contributed by atoms with Gasteiger partial charge in [-0.05, 0) is 84.3 Å². The van der Waals surface area contributed by atoms with Gasteiger partial charge in [0.1, 0.15) is 0 Å². The van der Waals surface area contributed by atoms with E-state index in [9.17, 15) is 0 Å². The molecule has 1 nitrogen and oxygen atoms in total. The zero-order valence-electron chi connectivity index (χ0n) is 15.0. The van der Waals surface area contributed by atoms with E-state index in [2.05, 4.69) is 38.3 Å². The van der Waals surface area contributed by atoms with E-state index < -0.39 is 0 Å². The first-order chi connectivity index (χ1) is 11.0. The molecule has 0 spiro atoms. The van der Waals surface area contributed by atoms with Crippen LogP contribution in [0.2, 0.25) is 0 Å². The van der Waals surface area contributed by atoms with E-state index in [1.807, 2.05) is 7.11 Å². The van der Waals surface area contributed by atoms with Gasteiger partial charge in [0.15, 0.2) is 0 Å². The van der Waals surface area contributed by atoms with Gasteiger partial charge < -0.3 is 4.74 Å². The highest BCUT2D eigenvalue weighted by molar-refractivity contribution is 5.36. The van der Waals surface area contributed by atoms with Crippen molar-refractivity contribution in [3.8, 4) is 0 Å². The normalized spacial score (nSPS) is 45.2. The molecule has 0 bridgehead atoms. The number of allylic oxidation sites excluding steroid dienone is 5. The van der Waals surface area contributed by atoms with E-state index >= 15 is 0 Å². The second-order valence-electron chi connectivity index (χ2n) is 8.65. The summed E-state index contributed by atoms with van der Waals surface area (Å²) in [5.74, 6) is 3.71. The molecule has 0 aromatic heterocycles. The monoisotopic (exact) mass is 310 g/mol. The Morgan fingerprint density at radius 2 is 1.91 bits per heavy atom. The maximum atomic E-state index is 5.54. The minimum atomic E-state index is 0.368. The molecule has 0 radical (unpaired) electrons. The molecule has 0 aliphatic heterocycles. The van der Waals surface area contributed by atoms with E-state index in [4.69, 9.17) is 4.74 Å². The first-order valence-electron chi connectivity index (χ1n) is 9.37. The smallest absolute Gasteiger partial charge is 0.0958 e. The van der Waals surface area contributed by atoms with E-state index in [0.717, 1.165) is 24.2 Å². The number of hydrogen-bond donors (Lipinski definition) is 0. The van der Waals surface area contributed by atoms with Gasteiger partial charge in [0, 0.05) is 6.42 Å². The fraction of sp³-hybridized carbons (Fsp3) is 0.682. The molecule has 2 fully saturated rings. The van der Waals surface area contributed by atoms with Crippen molar-refractivity contribution in [2.45, 2.75) is 58.8 Å². The largest absolute Gasteiger partial charge is 0.501 e. The summed E-state index contributed by atoms with van der Waals surface area (Å²) < 4.78 is 5.54. The van der Waals surface area contributed by atoms with Gasteiger partial charge in [0.25, 0.3) is 0 Å². The molecular formula is C22H30O. The van der Waals surface area contributed by atoms with E-state index in [1.54, 1.807) is 5.57 Å². The molecule has 0 aromatic rings. The van der Waals surface area contributed by atoms with Crippen molar-refractivity contribution in [3.05, 3.63) is 41.4 Å². The molecule has 0 N–H and O–H groups in total. The highest BCUT2D eigenvalue weighted by atomic mass is 16.5. The van der Waals surface area contributed by atoms with Crippen LogP contribution >= 0.6 is 0 Å². The first kappa shape index (κ1) is 15.3. The number of hydrogen-bond acceptors (Lipinski definition) is 1. The van der Waals surface area contributed by atoms with E-state index in [-0.39, 0.29) is 0 Å². The van der Waals surface area contributed by atoms with E-state index in [1.165, 1.54) is 49.9 Å². The van der Waals surface area contributed by atoms with Crippen molar-refractivity contribution in [3.63, 3.8) is 0 Å². The quantitative estimate of drug-likeness (QED) is 0.556. The van der Waals surface area contributed by atoms with Crippen molar-refractivity contribution >= 4 is 0 Å². The molecule has 5 atom stereocenters. The molecule has 0 saturated heterocycles. The van der Waals surface area contributed by atoms with Crippen LogP contribution in [0.3, 0.4) is 0 Å². The molecule has 0 heterocycles. The lowest BCUT2D eigenvalue weighted by atomic mass is 9.48. The maximum absolute atomic E-state index is 5.54. The number of ether oxygens (including phenoxy) is 1. The zero-order valence-corrected chi connectivity index (χ0v) is 15.0. The summed E-state index contributed by atoms with van der Waals surface area (Å²) in [6, 6.07) is 0. The predicted octanol–water partition coefficient (Wildman–Crippen LogP) is 5.80. The third kappa shape index (κ3) is 1.99. The summed E-state index contributed by atoms with van der Waals surface area (Å²) in [7, 11) is 1.81. The second kappa shape index (κ2) is 5.15. The Balaban J connectivity index is 1.71. The van der Waals surface area contributed by atoms with Crippen LogP contribution in [0.5, 0.6) is 0 Å². The summed E-state index contributed by atoms with van der Waals surface area (Å²) >= 11 is 0. The van der Waals surface area contributed by atoms with Crippen molar-refractivity contribution in [2.75, 3.05) is 7.11 Å². The minimum Gasteiger partial charge on any atom is -0.501 e. The second-order valence-corrected chi connectivity index (χ2v) is 8.65. The van der Waals surface area contributed by atoms with Crippen LogP contribution in [0.15, 0.2) is 41.4 Å². The van der Waals surface area contributed by atoms with Crippen LogP contribution in [0.1, 0.15) is 58.8 Å². The summed E-state index contributed by atoms with van der Waals surface area (Å²) in [4.78, 5) is 0. The van der Waals surface area contributed by atoms with Crippen molar-refractivity contribution < 1.29 is 4.74 Å². The summed E-state index contributed by atoms with van der Waals surface area (Å²) in [6.45, 7) is 9.01. The third-order valence-corrected chi connectivity index (χ3v) is 7.99. The Morgan fingerprint density at radius 1 is 1.13 bits per heavy atom. The molecule has 23 heavy (non-hydrogen) atoms. The van der Waals surface area contributed by atoms with Gasteiger partial charge in [-0.1, -0.05) is 26.5 Å². The molecule has 0 amide bonds. The molecule has 3 unspecified atom stereocenters. The molecule has 0 aromatic carbocycles. The number of fused-ring (bicyclic) bond motifs is 5. The summed E-state index contributed by atoms with van der Waals surface area (Å²) in [6.07, 6.45) is 13.8. The van der Waals surface area contributed by atoms with Crippen LogP contribution in [-0.2, 0) is 4.74 Å². The average molecular weight is 310 g/mol. The Morgan fingerprint density at radius 3 is 2.65 bits per heavy atom.